The van der Waals surface area contributed by atoms with E-state index in [4.69, 9.17) is 9.72 Å². The number of likely N-dealkylation sites (tertiary alicyclic amines) is 2. The molecule has 8 heteroatoms. The van der Waals surface area contributed by atoms with Crippen molar-refractivity contribution in [2.24, 2.45) is 5.92 Å². The van der Waals surface area contributed by atoms with Gasteiger partial charge >= 0.3 is 0 Å². The first kappa shape index (κ1) is 23.0. The number of carbonyl (C=O) groups excluding carboxylic acids is 2. The molecule has 32 heavy (non-hydrogen) atoms. The molecule has 0 unspecified atom stereocenters. The van der Waals surface area contributed by atoms with Crippen molar-refractivity contribution in [3.05, 3.63) is 27.9 Å². The van der Waals surface area contributed by atoms with Crippen LogP contribution in [0.25, 0.3) is 0 Å². The Hall–Kier alpha value is -2.22. The summed E-state index contributed by atoms with van der Waals surface area (Å²) in [7, 11) is 1.53. The van der Waals surface area contributed by atoms with Crippen molar-refractivity contribution in [1.82, 2.24) is 19.8 Å². The quantitative estimate of drug-likeness (QED) is 0.727. The number of piperidine rings is 2. The molecule has 0 aromatic carbocycles. The standard InChI is InChI=1S/C24H36N4O4/c1-32-16-23(31)27-11-8-18(9-12-27)24-25-20(14-21(29)26-24)19-7-4-10-28(15-19)22(30)13-17-5-2-3-6-17/h14,17-19H,2-13,15-16H2,1H3,(H,25,26,29)/t19-/m1/s1. The molecule has 176 valence electrons. The lowest BCUT2D eigenvalue weighted by Gasteiger charge is -2.34. The van der Waals surface area contributed by atoms with Crippen LogP contribution in [0.4, 0.5) is 0 Å². The molecule has 2 aliphatic heterocycles. The lowest BCUT2D eigenvalue weighted by Crippen LogP contribution is -2.41. The summed E-state index contributed by atoms with van der Waals surface area (Å²) >= 11 is 0. The Morgan fingerprint density at radius 1 is 1.00 bits per heavy atom. The largest absolute Gasteiger partial charge is 0.375 e. The van der Waals surface area contributed by atoms with Crippen LogP contribution >= 0.6 is 0 Å². The topological polar surface area (TPSA) is 95.6 Å². The zero-order valence-electron chi connectivity index (χ0n) is 19.2. The molecule has 3 aliphatic rings. The van der Waals surface area contributed by atoms with Crippen molar-refractivity contribution in [3.8, 4) is 0 Å². The Morgan fingerprint density at radius 3 is 2.47 bits per heavy atom. The highest BCUT2D eigenvalue weighted by Gasteiger charge is 2.30. The Morgan fingerprint density at radius 2 is 1.75 bits per heavy atom. The Balaban J connectivity index is 1.39. The van der Waals surface area contributed by atoms with Crippen LogP contribution in [-0.2, 0) is 14.3 Å². The van der Waals surface area contributed by atoms with Gasteiger partial charge in [-0.1, -0.05) is 12.8 Å². The number of carbonyl (C=O) groups is 2. The molecule has 2 amide bonds. The number of rotatable bonds is 6. The van der Waals surface area contributed by atoms with Crippen LogP contribution in [0, 0.1) is 5.92 Å². The Labute approximate surface area is 189 Å². The van der Waals surface area contributed by atoms with Gasteiger partial charge in [0.2, 0.25) is 11.8 Å². The average Bonchev–Trinajstić information content (AvgIpc) is 3.32. The van der Waals surface area contributed by atoms with Crippen molar-refractivity contribution in [2.45, 2.75) is 69.6 Å². The first-order valence-corrected chi connectivity index (χ1v) is 12.2. The highest BCUT2D eigenvalue weighted by Crippen LogP contribution is 2.31. The van der Waals surface area contributed by atoms with E-state index in [9.17, 15) is 14.4 Å². The van der Waals surface area contributed by atoms with E-state index >= 15 is 0 Å². The molecule has 2 saturated heterocycles. The van der Waals surface area contributed by atoms with E-state index in [1.165, 1.54) is 32.8 Å². The normalized spacial score (nSPS) is 23.0. The van der Waals surface area contributed by atoms with Gasteiger partial charge in [0.1, 0.15) is 12.4 Å². The summed E-state index contributed by atoms with van der Waals surface area (Å²) in [6, 6.07) is 1.61. The third-order valence-electron chi connectivity index (χ3n) is 7.41. The van der Waals surface area contributed by atoms with E-state index in [1.807, 2.05) is 9.80 Å². The van der Waals surface area contributed by atoms with Crippen LogP contribution < -0.4 is 5.56 Å². The third kappa shape index (κ3) is 5.57. The van der Waals surface area contributed by atoms with E-state index in [1.54, 1.807) is 6.07 Å². The first-order valence-electron chi connectivity index (χ1n) is 12.2. The molecule has 1 aromatic rings. The van der Waals surface area contributed by atoms with Crippen LogP contribution in [0.2, 0.25) is 0 Å². The number of nitrogens with one attached hydrogen (secondary N) is 1. The average molecular weight is 445 g/mol. The minimum Gasteiger partial charge on any atom is -0.375 e. The SMILES string of the molecule is COCC(=O)N1CCC(c2nc([C@@H]3CCCN(C(=O)CC4CCCC4)C3)cc(=O)[nH]2)CC1. The lowest BCUT2D eigenvalue weighted by molar-refractivity contribution is -0.136. The van der Waals surface area contributed by atoms with Gasteiger partial charge in [-0.3, -0.25) is 14.4 Å². The van der Waals surface area contributed by atoms with Gasteiger partial charge in [-0.25, -0.2) is 4.98 Å². The Bertz CT molecular complexity index is 856. The van der Waals surface area contributed by atoms with E-state index in [2.05, 4.69) is 4.98 Å². The van der Waals surface area contributed by atoms with Crippen LogP contribution in [-0.4, -0.2) is 71.5 Å². The summed E-state index contributed by atoms with van der Waals surface area (Å²) in [5.74, 6) is 1.79. The number of amides is 2. The third-order valence-corrected chi connectivity index (χ3v) is 7.41. The molecule has 1 aliphatic carbocycles. The summed E-state index contributed by atoms with van der Waals surface area (Å²) in [6.07, 6.45) is 8.98. The molecule has 1 N–H and O–H groups in total. The molecule has 1 saturated carbocycles. The van der Waals surface area contributed by atoms with Gasteiger partial charge in [-0.05, 0) is 44.4 Å². The second kappa shape index (κ2) is 10.6. The first-order chi connectivity index (χ1) is 15.5. The predicted octanol–water partition coefficient (Wildman–Crippen LogP) is 2.41. The monoisotopic (exact) mass is 444 g/mol. The zero-order chi connectivity index (χ0) is 22.5. The van der Waals surface area contributed by atoms with Gasteiger partial charge in [-0.2, -0.15) is 0 Å². The zero-order valence-corrected chi connectivity index (χ0v) is 19.2. The van der Waals surface area contributed by atoms with Gasteiger partial charge in [0.05, 0.1) is 5.69 Å². The molecular formula is C24H36N4O4. The van der Waals surface area contributed by atoms with Gasteiger partial charge < -0.3 is 19.5 Å². The smallest absolute Gasteiger partial charge is 0.251 e. The summed E-state index contributed by atoms with van der Waals surface area (Å²) in [4.78, 5) is 48.9. The van der Waals surface area contributed by atoms with Gasteiger partial charge in [0.25, 0.3) is 5.56 Å². The number of H-pyrrole nitrogens is 1. The van der Waals surface area contributed by atoms with Crippen molar-refractivity contribution >= 4 is 11.8 Å². The van der Waals surface area contributed by atoms with E-state index in [0.717, 1.165) is 43.7 Å². The number of ether oxygens (including phenoxy) is 1. The van der Waals surface area contributed by atoms with Gasteiger partial charge in [-0.15, -0.1) is 0 Å². The number of nitrogens with zero attached hydrogens (tertiary/aromatic N) is 3. The van der Waals surface area contributed by atoms with Crippen LogP contribution in [0.1, 0.15) is 81.1 Å². The molecular weight excluding hydrogens is 408 g/mol. The highest BCUT2D eigenvalue weighted by molar-refractivity contribution is 5.77. The van der Waals surface area contributed by atoms with E-state index < -0.39 is 0 Å². The highest BCUT2D eigenvalue weighted by atomic mass is 16.5. The molecule has 0 spiro atoms. The minimum absolute atomic E-state index is 0.00530. The molecule has 8 nitrogen and oxygen atoms in total. The maximum absolute atomic E-state index is 12.8. The van der Waals surface area contributed by atoms with Gasteiger partial charge in [0.15, 0.2) is 0 Å². The van der Waals surface area contributed by atoms with Crippen LogP contribution in [0.5, 0.6) is 0 Å². The summed E-state index contributed by atoms with van der Waals surface area (Å²) < 4.78 is 4.95. The van der Waals surface area contributed by atoms with Crippen molar-refractivity contribution in [1.29, 1.82) is 0 Å². The molecule has 0 bridgehead atoms. The molecule has 3 fully saturated rings. The van der Waals surface area contributed by atoms with Crippen LogP contribution in [0.15, 0.2) is 10.9 Å². The second-order valence-electron chi connectivity index (χ2n) is 9.68. The summed E-state index contributed by atoms with van der Waals surface area (Å²) in [5, 5.41) is 0. The number of aromatic amines is 1. The van der Waals surface area contributed by atoms with Crippen molar-refractivity contribution < 1.29 is 14.3 Å². The van der Waals surface area contributed by atoms with Crippen molar-refractivity contribution in [2.75, 3.05) is 39.9 Å². The number of hydrogen-bond acceptors (Lipinski definition) is 5. The molecule has 4 rings (SSSR count). The van der Waals surface area contributed by atoms with E-state index in [-0.39, 0.29) is 35.8 Å². The van der Waals surface area contributed by atoms with Crippen LogP contribution in [0.3, 0.4) is 0 Å². The molecule has 3 heterocycles. The molecule has 0 radical (unpaired) electrons. The summed E-state index contributed by atoms with van der Waals surface area (Å²) in [5.41, 5.74) is 0.678. The number of methoxy groups -OCH3 is 1. The minimum atomic E-state index is -0.128. The molecule has 1 atom stereocenters. The fraction of sp³-hybridized carbons (Fsp3) is 0.750. The molecule has 1 aromatic heterocycles. The predicted molar refractivity (Wildman–Crippen MR) is 120 cm³/mol. The maximum Gasteiger partial charge on any atom is 0.251 e. The summed E-state index contributed by atoms with van der Waals surface area (Å²) in [6.45, 7) is 2.87. The number of hydrogen-bond donors (Lipinski definition) is 1. The lowest BCUT2D eigenvalue weighted by atomic mass is 9.92. The fourth-order valence-electron chi connectivity index (χ4n) is 5.55. The van der Waals surface area contributed by atoms with Gasteiger partial charge in [0, 0.05) is 57.6 Å². The van der Waals surface area contributed by atoms with Crippen molar-refractivity contribution in [3.63, 3.8) is 0 Å². The number of aromatic nitrogens is 2. The maximum atomic E-state index is 12.8. The second-order valence-corrected chi connectivity index (χ2v) is 9.68. The Kier molecular flexibility index (Phi) is 7.60. The fourth-order valence-corrected chi connectivity index (χ4v) is 5.55. The van der Waals surface area contributed by atoms with E-state index in [0.29, 0.717) is 32.0 Å².